The Labute approximate surface area is 94.8 Å². The summed E-state index contributed by atoms with van der Waals surface area (Å²) in [4.78, 5) is 25.0. The van der Waals surface area contributed by atoms with Crippen LogP contribution in [0.4, 0.5) is 0 Å². The van der Waals surface area contributed by atoms with Crippen molar-refractivity contribution >= 4 is 11.8 Å². The molecule has 0 spiro atoms. The van der Waals surface area contributed by atoms with E-state index in [1.165, 1.54) is 0 Å². The second-order valence-corrected chi connectivity index (χ2v) is 4.76. The van der Waals surface area contributed by atoms with Crippen molar-refractivity contribution in [1.82, 2.24) is 10.2 Å². The summed E-state index contributed by atoms with van der Waals surface area (Å²) in [5, 5.41) is 12.0. The molecule has 0 aromatic carbocycles. The van der Waals surface area contributed by atoms with E-state index in [2.05, 4.69) is 5.32 Å². The Balaban J connectivity index is 1.89. The number of nitrogens with zero attached hydrogens (tertiary/aromatic N) is 1. The lowest BCUT2D eigenvalue weighted by atomic mass is 10.1. The number of likely N-dealkylation sites (tertiary alicyclic amines) is 1. The van der Waals surface area contributed by atoms with E-state index in [-0.39, 0.29) is 29.9 Å². The lowest BCUT2D eigenvalue weighted by Gasteiger charge is -2.18. The van der Waals surface area contributed by atoms with Crippen LogP contribution >= 0.6 is 0 Å². The molecule has 0 radical (unpaired) electrons. The third kappa shape index (κ3) is 2.04. The van der Waals surface area contributed by atoms with Crippen molar-refractivity contribution in [2.45, 2.75) is 31.7 Å². The molecule has 2 fully saturated rings. The molecule has 2 N–H and O–H groups in total. The van der Waals surface area contributed by atoms with Gasteiger partial charge in [0.15, 0.2) is 0 Å². The lowest BCUT2D eigenvalue weighted by Crippen LogP contribution is -2.43. The Hall–Kier alpha value is -1.10. The third-order valence-corrected chi connectivity index (χ3v) is 3.51. The van der Waals surface area contributed by atoms with Crippen molar-refractivity contribution in [2.75, 3.05) is 19.7 Å². The van der Waals surface area contributed by atoms with Crippen molar-refractivity contribution in [3.8, 4) is 0 Å². The zero-order valence-electron chi connectivity index (χ0n) is 9.53. The molecule has 2 rings (SSSR count). The van der Waals surface area contributed by atoms with Gasteiger partial charge < -0.3 is 15.3 Å². The summed E-state index contributed by atoms with van der Waals surface area (Å²) < 4.78 is 0. The molecule has 0 aromatic heterocycles. The quantitative estimate of drug-likeness (QED) is 0.678. The molecule has 90 valence electrons. The highest BCUT2D eigenvalue weighted by Gasteiger charge is 2.45. The van der Waals surface area contributed by atoms with Crippen LogP contribution in [0.5, 0.6) is 0 Å². The maximum absolute atomic E-state index is 11.9. The van der Waals surface area contributed by atoms with Crippen LogP contribution in [0.3, 0.4) is 0 Å². The Morgan fingerprint density at radius 3 is 2.75 bits per heavy atom. The fraction of sp³-hybridized carbons (Fsp3) is 0.818. The van der Waals surface area contributed by atoms with Crippen LogP contribution in [-0.2, 0) is 9.59 Å². The highest BCUT2D eigenvalue weighted by atomic mass is 16.3. The first-order valence-electron chi connectivity index (χ1n) is 5.81. The topological polar surface area (TPSA) is 69.6 Å². The van der Waals surface area contributed by atoms with Crippen molar-refractivity contribution in [2.24, 2.45) is 5.92 Å². The summed E-state index contributed by atoms with van der Waals surface area (Å²) in [5.74, 6) is -0.274. The molecule has 1 atom stereocenters. The number of carbonyl (C=O) groups excluding carboxylic acids is 2. The monoisotopic (exact) mass is 226 g/mol. The van der Waals surface area contributed by atoms with Gasteiger partial charge in [-0.25, -0.2) is 0 Å². The number of amides is 2. The molecule has 0 aromatic rings. The summed E-state index contributed by atoms with van der Waals surface area (Å²) in [7, 11) is 0. The summed E-state index contributed by atoms with van der Waals surface area (Å²) in [6.07, 6.45) is 1.99. The maximum atomic E-state index is 11.9. The molecule has 5 heteroatoms. The van der Waals surface area contributed by atoms with E-state index >= 15 is 0 Å². The van der Waals surface area contributed by atoms with Gasteiger partial charge in [-0.1, -0.05) is 0 Å². The van der Waals surface area contributed by atoms with E-state index in [1.807, 2.05) is 6.92 Å². The normalized spacial score (nSPS) is 27.0. The molecule has 2 amide bonds. The van der Waals surface area contributed by atoms with Gasteiger partial charge in [0.2, 0.25) is 11.8 Å². The van der Waals surface area contributed by atoms with E-state index in [0.717, 1.165) is 12.8 Å². The maximum Gasteiger partial charge on any atom is 0.225 e. The average molecular weight is 226 g/mol. The molecule has 1 saturated carbocycles. The number of carbonyl (C=O) groups is 2. The molecular weight excluding hydrogens is 208 g/mol. The lowest BCUT2D eigenvalue weighted by molar-refractivity contribution is -0.129. The first-order valence-corrected chi connectivity index (χ1v) is 5.81. The zero-order chi connectivity index (χ0) is 11.8. The van der Waals surface area contributed by atoms with Gasteiger partial charge in [0, 0.05) is 19.5 Å². The number of rotatable bonds is 4. The van der Waals surface area contributed by atoms with Crippen molar-refractivity contribution in [1.29, 1.82) is 0 Å². The fourth-order valence-electron chi connectivity index (χ4n) is 2.09. The molecule has 16 heavy (non-hydrogen) atoms. The van der Waals surface area contributed by atoms with E-state index in [1.54, 1.807) is 4.90 Å². The molecule has 0 bridgehead atoms. The van der Waals surface area contributed by atoms with Gasteiger partial charge in [0.1, 0.15) is 0 Å². The van der Waals surface area contributed by atoms with Crippen LogP contribution in [0.15, 0.2) is 0 Å². The first kappa shape index (κ1) is 11.4. The molecule has 1 saturated heterocycles. The van der Waals surface area contributed by atoms with E-state index in [0.29, 0.717) is 19.5 Å². The van der Waals surface area contributed by atoms with Gasteiger partial charge in [-0.05, 0) is 19.8 Å². The van der Waals surface area contributed by atoms with Crippen molar-refractivity contribution in [3.05, 3.63) is 0 Å². The SMILES string of the molecule is CCN1CC(C(=O)NC2(CO)CC2)CC1=O. The predicted octanol–water partition coefficient (Wildman–Crippen LogP) is -0.504. The second kappa shape index (κ2) is 4.05. The van der Waals surface area contributed by atoms with Gasteiger partial charge >= 0.3 is 0 Å². The molecule has 5 nitrogen and oxygen atoms in total. The van der Waals surface area contributed by atoms with E-state index in [9.17, 15) is 9.59 Å². The van der Waals surface area contributed by atoms with Crippen LogP contribution in [0.1, 0.15) is 26.2 Å². The third-order valence-electron chi connectivity index (χ3n) is 3.51. The second-order valence-electron chi connectivity index (χ2n) is 4.76. The number of hydrogen-bond donors (Lipinski definition) is 2. The summed E-state index contributed by atoms with van der Waals surface area (Å²) in [6.45, 7) is 3.08. The molecular formula is C11H18N2O3. The average Bonchev–Trinajstić information content (AvgIpc) is 2.94. The standard InChI is InChI=1S/C11H18N2O3/c1-2-13-6-8(5-9(13)15)10(16)12-11(7-14)3-4-11/h8,14H,2-7H2,1H3,(H,12,16). The summed E-state index contributed by atoms with van der Waals surface area (Å²) in [5.41, 5.74) is -0.375. The highest BCUT2D eigenvalue weighted by Crippen LogP contribution is 2.35. The van der Waals surface area contributed by atoms with Crippen LogP contribution in [0.2, 0.25) is 0 Å². The van der Waals surface area contributed by atoms with Crippen molar-refractivity contribution in [3.63, 3.8) is 0 Å². The van der Waals surface area contributed by atoms with E-state index in [4.69, 9.17) is 5.11 Å². The minimum atomic E-state index is -0.375. The summed E-state index contributed by atoms with van der Waals surface area (Å²) in [6, 6.07) is 0. The van der Waals surface area contributed by atoms with Gasteiger partial charge in [-0.3, -0.25) is 9.59 Å². The Morgan fingerprint density at radius 1 is 1.62 bits per heavy atom. The highest BCUT2D eigenvalue weighted by molar-refractivity contribution is 5.89. The first-order chi connectivity index (χ1) is 7.60. The van der Waals surface area contributed by atoms with Crippen LogP contribution in [-0.4, -0.2) is 47.1 Å². The van der Waals surface area contributed by atoms with Crippen LogP contribution in [0, 0.1) is 5.92 Å². The molecule has 2 aliphatic rings. The Morgan fingerprint density at radius 2 is 2.31 bits per heavy atom. The molecule has 1 heterocycles. The molecule has 1 unspecified atom stereocenters. The van der Waals surface area contributed by atoms with E-state index < -0.39 is 0 Å². The van der Waals surface area contributed by atoms with Gasteiger partial charge in [-0.2, -0.15) is 0 Å². The minimum absolute atomic E-state index is 0.00308. The van der Waals surface area contributed by atoms with Crippen LogP contribution in [0.25, 0.3) is 0 Å². The summed E-state index contributed by atoms with van der Waals surface area (Å²) >= 11 is 0. The van der Waals surface area contributed by atoms with Gasteiger partial charge in [0.05, 0.1) is 18.1 Å². The van der Waals surface area contributed by atoms with Gasteiger partial charge in [-0.15, -0.1) is 0 Å². The fourth-order valence-corrected chi connectivity index (χ4v) is 2.09. The molecule has 1 aliphatic heterocycles. The number of aliphatic hydroxyl groups is 1. The Kier molecular flexibility index (Phi) is 2.88. The Bertz CT molecular complexity index is 312. The van der Waals surface area contributed by atoms with Crippen LogP contribution < -0.4 is 5.32 Å². The largest absolute Gasteiger partial charge is 0.394 e. The minimum Gasteiger partial charge on any atom is -0.394 e. The zero-order valence-corrected chi connectivity index (χ0v) is 9.53. The number of hydrogen-bond acceptors (Lipinski definition) is 3. The predicted molar refractivity (Wildman–Crippen MR) is 57.6 cm³/mol. The number of aliphatic hydroxyl groups excluding tert-OH is 1. The number of nitrogens with one attached hydrogen (secondary N) is 1. The smallest absolute Gasteiger partial charge is 0.225 e. The van der Waals surface area contributed by atoms with Gasteiger partial charge in [0.25, 0.3) is 0 Å². The van der Waals surface area contributed by atoms with Crippen molar-refractivity contribution < 1.29 is 14.7 Å². The molecule has 1 aliphatic carbocycles.